The third-order valence-electron chi connectivity index (χ3n) is 8.17. The maximum Gasteiger partial charge on any atom is 0.303 e. The van der Waals surface area contributed by atoms with E-state index in [1.54, 1.807) is 6.08 Å². The Labute approximate surface area is 266 Å². The lowest BCUT2D eigenvalue weighted by Gasteiger charge is -2.24. The molecule has 238 valence electrons. The fourth-order valence-electron chi connectivity index (χ4n) is 6.35. The van der Waals surface area contributed by atoms with Crippen LogP contribution in [0.25, 0.3) is 55.6 Å². The number of hydrogen-bond donors (Lipinski definition) is 2. The number of nitrogens with one attached hydrogen (secondary N) is 1. The number of nitrogens with two attached hydrogens (primary N) is 1. The van der Waals surface area contributed by atoms with E-state index in [9.17, 15) is 19.2 Å². The van der Waals surface area contributed by atoms with Crippen LogP contribution in [-0.2, 0) is 33.3 Å². The molecule has 0 aliphatic carbocycles. The van der Waals surface area contributed by atoms with Crippen molar-refractivity contribution < 1.29 is 33.3 Å². The molecule has 1 aliphatic heterocycles. The van der Waals surface area contributed by atoms with Crippen LogP contribution in [0.5, 0.6) is 0 Å². The van der Waals surface area contributed by atoms with Crippen molar-refractivity contribution in [3.8, 4) is 0 Å². The molecule has 6 aromatic rings. The Balaban J connectivity index is 1.39. The second-order valence-electron chi connectivity index (χ2n) is 11.3. The first kappa shape index (κ1) is 29.9. The number of hydrogen-bond acceptors (Lipinski definition) is 11. The number of nitrogens with zero attached hydrogens (tertiary/aromatic N) is 3. The van der Waals surface area contributed by atoms with Gasteiger partial charge < -0.3 is 24.7 Å². The first-order valence-electron chi connectivity index (χ1n) is 14.8. The Bertz CT molecular complexity index is 2290. The predicted molar refractivity (Wildman–Crippen MR) is 173 cm³/mol. The average Bonchev–Trinajstić information content (AvgIpc) is 3.54. The van der Waals surface area contributed by atoms with E-state index in [1.807, 2.05) is 24.3 Å². The maximum absolute atomic E-state index is 13.0. The van der Waals surface area contributed by atoms with Gasteiger partial charge in [-0.2, -0.15) is 4.98 Å². The van der Waals surface area contributed by atoms with Crippen LogP contribution in [0.1, 0.15) is 38.4 Å². The Kier molecular flexibility index (Phi) is 7.32. The highest BCUT2D eigenvalue weighted by atomic mass is 16.7. The number of carbonyl (C=O) groups is 3. The molecule has 0 unspecified atom stereocenters. The summed E-state index contributed by atoms with van der Waals surface area (Å²) in [5.74, 6) is -1.91. The molecule has 2 aromatic heterocycles. The third-order valence-corrected chi connectivity index (χ3v) is 8.17. The number of H-pyrrole nitrogens is 1. The molecule has 0 bridgehead atoms. The molecule has 1 aliphatic rings. The Hall–Kier alpha value is -5.82. The van der Waals surface area contributed by atoms with Crippen molar-refractivity contribution in [3.63, 3.8) is 0 Å². The maximum atomic E-state index is 13.0. The highest BCUT2D eigenvalue weighted by Crippen LogP contribution is 2.39. The molecule has 1 saturated heterocycles. The summed E-state index contributed by atoms with van der Waals surface area (Å²) in [7, 11) is 0. The number of carbonyl (C=O) groups excluding carboxylic acids is 3. The van der Waals surface area contributed by atoms with Crippen molar-refractivity contribution in [1.82, 2.24) is 19.5 Å². The van der Waals surface area contributed by atoms with E-state index in [4.69, 9.17) is 24.7 Å². The van der Waals surface area contributed by atoms with Gasteiger partial charge in [-0.25, -0.2) is 4.98 Å². The van der Waals surface area contributed by atoms with Gasteiger partial charge in [0.1, 0.15) is 18.5 Å². The van der Waals surface area contributed by atoms with E-state index >= 15 is 0 Å². The van der Waals surface area contributed by atoms with Crippen LogP contribution in [-0.4, -0.2) is 62.3 Å². The minimum atomic E-state index is -1.24. The van der Waals surface area contributed by atoms with Gasteiger partial charge in [-0.1, -0.05) is 60.7 Å². The van der Waals surface area contributed by atoms with E-state index in [0.717, 1.165) is 37.9 Å². The monoisotopic (exact) mass is 635 g/mol. The van der Waals surface area contributed by atoms with Gasteiger partial charge in [0.15, 0.2) is 29.6 Å². The second-order valence-corrected chi connectivity index (χ2v) is 11.3. The first-order valence-corrected chi connectivity index (χ1v) is 14.8. The molecule has 47 heavy (non-hydrogen) atoms. The zero-order chi connectivity index (χ0) is 33.0. The third kappa shape index (κ3) is 5.29. The van der Waals surface area contributed by atoms with Crippen LogP contribution in [0.15, 0.2) is 59.4 Å². The first-order chi connectivity index (χ1) is 22.6. The molecule has 1 fully saturated rings. The molecule has 0 saturated carbocycles. The highest BCUT2D eigenvalue weighted by Gasteiger charge is 2.51. The Morgan fingerprint density at radius 3 is 2.23 bits per heavy atom. The predicted octanol–water partition coefficient (Wildman–Crippen LogP) is 4.09. The molecular formula is C34H29N5O8. The molecule has 0 radical (unpaired) electrons. The van der Waals surface area contributed by atoms with Gasteiger partial charge in [-0.05, 0) is 44.0 Å². The van der Waals surface area contributed by atoms with Crippen LogP contribution in [0.3, 0.4) is 0 Å². The topological polar surface area (TPSA) is 178 Å². The van der Waals surface area contributed by atoms with Crippen LogP contribution in [0.2, 0.25) is 0 Å². The average molecular weight is 636 g/mol. The molecule has 13 heteroatoms. The summed E-state index contributed by atoms with van der Waals surface area (Å²) < 4.78 is 24.1. The van der Waals surface area contributed by atoms with E-state index in [1.165, 1.54) is 25.3 Å². The van der Waals surface area contributed by atoms with E-state index in [-0.39, 0.29) is 29.5 Å². The van der Waals surface area contributed by atoms with Crippen LogP contribution < -0.4 is 11.3 Å². The van der Waals surface area contributed by atoms with Gasteiger partial charge in [0, 0.05) is 20.8 Å². The van der Waals surface area contributed by atoms with E-state index in [0.29, 0.717) is 0 Å². The van der Waals surface area contributed by atoms with E-state index < -0.39 is 48.0 Å². The molecule has 0 spiro atoms. The summed E-state index contributed by atoms with van der Waals surface area (Å²) in [6.07, 6.45) is -1.12. The molecule has 4 aromatic carbocycles. The summed E-state index contributed by atoms with van der Waals surface area (Å²) in [6.45, 7) is 3.31. The number of fused-ring (bicyclic) bond motifs is 1. The number of aromatic amines is 1. The van der Waals surface area contributed by atoms with Gasteiger partial charge in [0.25, 0.3) is 5.56 Å². The van der Waals surface area contributed by atoms with Crippen LogP contribution >= 0.6 is 0 Å². The molecule has 0 amide bonds. The lowest BCUT2D eigenvalue weighted by Crippen LogP contribution is -2.40. The number of esters is 3. The summed E-state index contributed by atoms with van der Waals surface area (Å²) in [6, 6.07) is 18.6. The second kappa shape index (κ2) is 11.5. The number of ether oxygens (including phenoxy) is 4. The largest absolute Gasteiger partial charge is 0.463 e. The highest BCUT2D eigenvalue weighted by molar-refractivity contribution is 6.24. The fraction of sp³-hybridized carbons (Fsp3) is 0.235. The van der Waals surface area contributed by atoms with Gasteiger partial charge in [0.2, 0.25) is 5.95 Å². The van der Waals surface area contributed by atoms with Gasteiger partial charge in [0.05, 0.1) is 0 Å². The van der Waals surface area contributed by atoms with Crippen molar-refractivity contribution in [3.05, 3.63) is 76.3 Å². The minimum absolute atomic E-state index is 0.0400. The summed E-state index contributed by atoms with van der Waals surface area (Å²) >= 11 is 0. The molecule has 13 nitrogen and oxygen atoms in total. The van der Waals surface area contributed by atoms with Crippen molar-refractivity contribution >= 4 is 79.5 Å². The Morgan fingerprint density at radius 2 is 1.53 bits per heavy atom. The summed E-state index contributed by atoms with van der Waals surface area (Å²) in [5, 5.41) is 6.65. The molecular weight excluding hydrogens is 606 g/mol. The minimum Gasteiger partial charge on any atom is -0.463 e. The van der Waals surface area contributed by atoms with Crippen LogP contribution in [0.4, 0.5) is 5.95 Å². The van der Waals surface area contributed by atoms with Gasteiger partial charge in [-0.15, -0.1) is 0 Å². The quantitative estimate of drug-likeness (QED) is 0.147. The SMILES string of the molecule is CC(=O)OC[C@H]1O[C@@H](n2c(C=Cc3ccc4ccc5cccc6ccc3c4c56)nc3c(=O)[nH]c(N)nc32)[C@H](OC(C)=O)[C@@H]1OC(C)=O. The number of rotatable bonds is 7. The van der Waals surface area contributed by atoms with Crippen molar-refractivity contribution in [2.45, 2.75) is 45.3 Å². The zero-order valence-electron chi connectivity index (χ0n) is 25.6. The van der Waals surface area contributed by atoms with Crippen molar-refractivity contribution in [2.24, 2.45) is 0 Å². The van der Waals surface area contributed by atoms with Gasteiger partial charge >= 0.3 is 17.9 Å². The number of anilines is 1. The standard InChI is InChI=1S/C34H29N5O8/c1-16(40)44-15-24-29(45-17(2)41)30(46-18(3)42)33(47-24)39-25(36-28-31(39)37-34(35)38-32(28)43)14-12-19-7-8-22-10-9-20-5-4-6-21-11-13-23(19)27(22)26(20)21/h4-14,24,29-30,33H,15H2,1-3H3,(H3,35,37,38,43)/t24-,29-,30-,33-/m1/s1. The number of aromatic nitrogens is 4. The Morgan fingerprint density at radius 1 is 0.872 bits per heavy atom. The summed E-state index contributed by atoms with van der Waals surface area (Å²) in [5.41, 5.74) is 6.21. The number of imidazole rings is 1. The number of benzene rings is 4. The lowest BCUT2D eigenvalue weighted by atomic mass is 9.92. The molecule has 4 atom stereocenters. The number of nitrogen functional groups attached to an aromatic ring is 1. The van der Waals surface area contributed by atoms with Crippen molar-refractivity contribution in [1.29, 1.82) is 0 Å². The summed E-state index contributed by atoms with van der Waals surface area (Å²) in [4.78, 5) is 60.5. The van der Waals surface area contributed by atoms with E-state index in [2.05, 4.69) is 51.4 Å². The lowest BCUT2D eigenvalue weighted by molar-refractivity contribution is -0.166. The normalized spacial score (nSPS) is 19.7. The molecule has 7 rings (SSSR count). The smallest absolute Gasteiger partial charge is 0.303 e. The molecule has 3 heterocycles. The van der Waals surface area contributed by atoms with Gasteiger partial charge in [-0.3, -0.25) is 28.7 Å². The van der Waals surface area contributed by atoms with Crippen LogP contribution in [0, 0.1) is 0 Å². The van der Waals surface area contributed by atoms with Crippen molar-refractivity contribution in [2.75, 3.05) is 12.3 Å². The zero-order valence-corrected chi connectivity index (χ0v) is 25.6. The fourth-order valence-corrected chi connectivity index (χ4v) is 6.35. The molecule has 3 N–H and O–H groups in total.